The zero-order chi connectivity index (χ0) is 37.4. The zero-order valence-corrected chi connectivity index (χ0v) is 30.7. The van der Waals surface area contributed by atoms with Gasteiger partial charge in [0.2, 0.25) is 0 Å². The molecular weight excluding hydrogens is 687 g/mol. The van der Waals surface area contributed by atoms with Gasteiger partial charge >= 0.3 is 0 Å². The third kappa shape index (κ3) is 6.17. The van der Waals surface area contributed by atoms with Crippen LogP contribution in [-0.4, -0.2) is 24.9 Å². The van der Waals surface area contributed by atoms with E-state index in [-0.39, 0.29) is 0 Å². The molecule has 10 rings (SSSR count). The molecule has 1 aliphatic rings. The van der Waals surface area contributed by atoms with Crippen LogP contribution in [0.3, 0.4) is 0 Å². The van der Waals surface area contributed by atoms with Gasteiger partial charge in [0.25, 0.3) is 0 Å². The molecule has 3 heterocycles. The van der Waals surface area contributed by atoms with Crippen LogP contribution in [0.5, 0.6) is 0 Å². The first kappa shape index (κ1) is 33.3. The van der Waals surface area contributed by atoms with E-state index >= 15 is 0 Å². The monoisotopic (exact) mass is 721 g/mol. The Morgan fingerprint density at radius 2 is 1.02 bits per heavy atom. The fraction of sp³-hybridized carbons (Fsp3) is 0.0600. The van der Waals surface area contributed by atoms with E-state index in [4.69, 9.17) is 29.3 Å². The lowest BCUT2D eigenvalue weighted by Crippen LogP contribution is -2.03. The van der Waals surface area contributed by atoms with Crippen LogP contribution < -0.4 is 0 Å². The van der Waals surface area contributed by atoms with Gasteiger partial charge in [-0.1, -0.05) is 146 Å². The second kappa shape index (κ2) is 14.2. The van der Waals surface area contributed by atoms with Gasteiger partial charge in [0.05, 0.1) is 11.4 Å². The molecule has 6 heteroatoms. The summed E-state index contributed by atoms with van der Waals surface area (Å²) in [6.45, 7) is 2.13. The highest BCUT2D eigenvalue weighted by Gasteiger charge is 2.21. The lowest BCUT2D eigenvalue weighted by molar-refractivity contribution is 0.669. The van der Waals surface area contributed by atoms with Gasteiger partial charge in [0.15, 0.2) is 23.3 Å². The summed E-state index contributed by atoms with van der Waals surface area (Å²) < 4.78 is 6.57. The van der Waals surface area contributed by atoms with E-state index in [1.807, 2.05) is 78.9 Å². The number of nitrogens with zero attached hydrogens (tertiary/aromatic N) is 5. The van der Waals surface area contributed by atoms with Gasteiger partial charge in [0, 0.05) is 44.2 Å². The molecule has 0 saturated carbocycles. The van der Waals surface area contributed by atoms with Gasteiger partial charge in [-0.2, -0.15) is 0 Å². The van der Waals surface area contributed by atoms with Crippen LogP contribution in [0.2, 0.25) is 0 Å². The van der Waals surface area contributed by atoms with Crippen LogP contribution in [0.1, 0.15) is 24.1 Å². The summed E-state index contributed by atoms with van der Waals surface area (Å²) in [6, 6.07) is 51.4. The van der Waals surface area contributed by atoms with E-state index in [1.54, 1.807) is 0 Å². The van der Waals surface area contributed by atoms with E-state index < -0.39 is 0 Å². The summed E-state index contributed by atoms with van der Waals surface area (Å²) in [5, 5.41) is 2.06. The second-order valence-electron chi connectivity index (χ2n) is 14.0. The highest BCUT2D eigenvalue weighted by Crippen LogP contribution is 2.41. The Kier molecular flexibility index (Phi) is 8.41. The van der Waals surface area contributed by atoms with Crippen LogP contribution in [-0.2, 0) is 0 Å². The van der Waals surface area contributed by atoms with Gasteiger partial charge in [0.1, 0.15) is 11.2 Å². The van der Waals surface area contributed by atoms with E-state index in [0.717, 1.165) is 96.2 Å². The molecular formula is C50H35N5O. The first-order valence-electron chi connectivity index (χ1n) is 18.9. The molecule has 0 spiro atoms. The normalized spacial score (nSPS) is 12.6. The Morgan fingerprint density at radius 1 is 0.446 bits per heavy atom. The van der Waals surface area contributed by atoms with Crippen molar-refractivity contribution in [2.45, 2.75) is 19.8 Å². The maximum atomic E-state index is 6.57. The van der Waals surface area contributed by atoms with E-state index in [0.29, 0.717) is 23.3 Å². The van der Waals surface area contributed by atoms with Crippen LogP contribution in [0.25, 0.3) is 95.4 Å². The molecule has 0 N–H and O–H groups in total. The molecule has 1 aliphatic carbocycles. The summed E-state index contributed by atoms with van der Waals surface area (Å²) in [4.78, 5) is 25.6. The number of allylic oxidation sites excluding steroid dienone is 4. The van der Waals surface area contributed by atoms with Crippen molar-refractivity contribution in [2.75, 3.05) is 0 Å². The van der Waals surface area contributed by atoms with E-state index in [2.05, 4.69) is 97.9 Å². The van der Waals surface area contributed by atoms with Gasteiger partial charge in [-0.25, -0.2) is 24.9 Å². The lowest BCUT2D eigenvalue weighted by atomic mass is 9.95. The average molecular weight is 722 g/mol. The van der Waals surface area contributed by atoms with Crippen molar-refractivity contribution in [3.63, 3.8) is 0 Å². The number of fused-ring (bicyclic) bond motifs is 3. The number of hydrogen-bond donors (Lipinski definition) is 0. The number of hydrogen-bond acceptors (Lipinski definition) is 6. The Labute approximate surface area is 324 Å². The Morgan fingerprint density at radius 3 is 1.70 bits per heavy atom. The molecule has 0 amide bonds. The Bertz CT molecular complexity index is 2910. The molecule has 56 heavy (non-hydrogen) atoms. The zero-order valence-electron chi connectivity index (χ0n) is 30.7. The molecule has 9 aromatic rings. The quantitative estimate of drug-likeness (QED) is 0.163. The van der Waals surface area contributed by atoms with Gasteiger partial charge in [-0.15, -0.1) is 0 Å². The molecule has 0 saturated heterocycles. The predicted molar refractivity (Wildman–Crippen MR) is 226 cm³/mol. The van der Waals surface area contributed by atoms with Crippen molar-refractivity contribution >= 4 is 27.5 Å². The van der Waals surface area contributed by atoms with E-state index in [9.17, 15) is 0 Å². The minimum Gasteiger partial charge on any atom is -0.456 e. The Hall–Kier alpha value is -7.31. The smallest absolute Gasteiger partial charge is 0.164 e. The average Bonchev–Trinajstić information content (AvgIpc) is 3.66. The largest absolute Gasteiger partial charge is 0.456 e. The summed E-state index contributed by atoms with van der Waals surface area (Å²) in [5.41, 5.74) is 12.3. The predicted octanol–water partition coefficient (Wildman–Crippen LogP) is 12.6. The lowest BCUT2D eigenvalue weighted by Gasteiger charge is -2.16. The van der Waals surface area contributed by atoms with Crippen molar-refractivity contribution in [1.29, 1.82) is 0 Å². The van der Waals surface area contributed by atoms with Gasteiger partial charge < -0.3 is 4.42 Å². The van der Waals surface area contributed by atoms with Crippen LogP contribution in [0.15, 0.2) is 174 Å². The summed E-state index contributed by atoms with van der Waals surface area (Å²) in [7, 11) is 0. The highest BCUT2D eigenvalue weighted by atomic mass is 16.3. The summed E-state index contributed by atoms with van der Waals surface area (Å²) in [6.07, 6.45) is 8.73. The topological polar surface area (TPSA) is 77.6 Å². The standard InChI is InChI=1S/C50H35N5O/c1-32-45(33-17-6-2-7-18-33)51-49(52-46(32)34-19-8-3-9-20-34)38-26-16-25-37(29-38)41-30-39(31-43-44(41)40-27-14-15-28-42(40)56-43)50-54-47(35-21-10-4-11-22-35)53-48(55-50)36-23-12-5-13-24-36/h2,4-8,10-31H,3,9H2,1H3. The molecule has 266 valence electrons. The minimum atomic E-state index is 0.560. The molecule has 6 nitrogen and oxygen atoms in total. The summed E-state index contributed by atoms with van der Waals surface area (Å²) >= 11 is 0. The highest BCUT2D eigenvalue weighted by molar-refractivity contribution is 6.13. The SMILES string of the molecule is Cc1c(C2=CCCC=C2)nc(-c2cccc(-c3cc(-c4nc(-c5ccccc5)nc(-c5ccccc5)n4)cc4oc5ccccc5c34)c2)nc1-c1ccccc1. The number of benzene rings is 6. The molecule has 0 atom stereocenters. The maximum absolute atomic E-state index is 6.57. The van der Waals surface area contributed by atoms with Crippen LogP contribution >= 0.6 is 0 Å². The summed E-state index contributed by atoms with van der Waals surface area (Å²) in [5.74, 6) is 2.44. The second-order valence-corrected chi connectivity index (χ2v) is 14.0. The minimum absolute atomic E-state index is 0.560. The third-order valence-electron chi connectivity index (χ3n) is 10.3. The van der Waals surface area contributed by atoms with Gasteiger partial charge in [-0.05, 0) is 60.7 Å². The van der Waals surface area contributed by atoms with Crippen LogP contribution in [0.4, 0.5) is 0 Å². The van der Waals surface area contributed by atoms with E-state index in [1.165, 1.54) is 0 Å². The number of rotatable bonds is 7. The molecule has 0 radical (unpaired) electrons. The number of aromatic nitrogens is 5. The number of furan rings is 1. The number of para-hydroxylation sites is 1. The molecule has 3 aromatic heterocycles. The molecule has 0 bridgehead atoms. The third-order valence-corrected chi connectivity index (χ3v) is 10.3. The van der Waals surface area contributed by atoms with Crippen molar-refractivity contribution in [3.8, 4) is 67.9 Å². The van der Waals surface area contributed by atoms with Crippen molar-refractivity contribution in [1.82, 2.24) is 24.9 Å². The van der Waals surface area contributed by atoms with Crippen LogP contribution in [0, 0.1) is 6.92 Å². The molecule has 6 aromatic carbocycles. The fourth-order valence-corrected chi connectivity index (χ4v) is 7.57. The Balaban J connectivity index is 1.18. The molecule has 0 unspecified atom stereocenters. The first-order valence-corrected chi connectivity index (χ1v) is 18.9. The molecule has 0 aliphatic heterocycles. The van der Waals surface area contributed by atoms with Gasteiger partial charge in [-0.3, -0.25) is 0 Å². The van der Waals surface area contributed by atoms with Crippen molar-refractivity contribution < 1.29 is 4.42 Å². The molecule has 0 fully saturated rings. The van der Waals surface area contributed by atoms with Crippen molar-refractivity contribution in [2.24, 2.45) is 0 Å². The first-order chi connectivity index (χ1) is 27.7. The fourth-order valence-electron chi connectivity index (χ4n) is 7.57. The maximum Gasteiger partial charge on any atom is 0.164 e. The van der Waals surface area contributed by atoms with Crippen molar-refractivity contribution in [3.05, 3.63) is 181 Å².